The number of H-pyrrole nitrogens is 1. The molecule has 4 N–H and O–H groups in total. The number of aromatic amines is 1. The van der Waals surface area contributed by atoms with Gasteiger partial charge in [-0.3, -0.25) is 14.3 Å². The largest absolute Gasteiger partial charge is 0.383 e. The Labute approximate surface area is 179 Å². The molecule has 0 radical (unpaired) electrons. The van der Waals surface area contributed by atoms with Crippen LogP contribution in [0.2, 0.25) is 0 Å². The number of rotatable bonds is 8. The molecule has 0 saturated heterocycles. The molecule has 7 nitrogen and oxygen atoms in total. The first-order chi connectivity index (χ1) is 13.8. The number of nitrogens with two attached hydrogens (primary N) is 1. The van der Waals surface area contributed by atoms with Crippen LogP contribution in [0.5, 0.6) is 0 Å². The summed E-state index contributed by atoms with van der Waals surface area (Å²) in [6, 6.07) is 0.295. The van der Waals surface area contributed by atoms with Crippen LogP contribution in [0.25, 0.3) is 0 Å². The van der Waals surface area contributed by atoms with Crippen molar-refractivity contribution in [1.82, 2.24) is 14.9 Å². The highest BCUT2D eigenvalue weighted by atomic mass is 32.1. The number of thiocarbonyl (C=S) groups is 1. The van der Waals surface area contributed by atoms with E-state index in [0.717, 1.165) is 25.7 Å². The molecule has 1 aromatic heterocycles. The van der Waals surface area contributed by atoms with Gasteiger partial charge in [0.2, 0.25) is 0 Å². The van der Waals surface area contributed by atoms with Crippen molar-refractivity contribution in [2.75, 3.05) is 17.2 Å². The van der Waals surface area contributed by atoms with Crippen molar-refractivity contribution in [3.63, 3.8) is 0 Å². The lowest BCUT2D eigenvalue weighted by molar-refractivity contribution is 0.309. The fourth-order valence-electron chi connectivity index (χ4n) is 3.85. The van der Waals surface area contributed by atoms with E-state index in [9.17, 15) is 9.59 Å². The Bertz CT molecular complexity index is 801. The Morgan fingerprint density at radius 3 is 2.66 bits per heavy atom. The molecule has 2 rings (SSSR count). The first-order valence-electron chi connectivity index (χ1n) is 11.0. The zero-order valence-electron chi connectivity index (χ0n) is 18.3. The summed E-state index contributed by atoms with van der Waals surface area (Å²) in [6.45, 7) is 9.60. The summed E-state index contributed by atoms with van der Waals surface area (Å²) in [5.41, 5.74) is 5.68. The number of anilines is 2. The second-order valence-electron chi connectivity index (χ2n) is 8.65. The Kier molecular flexibility index (Phi) is 8.74. The first kappa shape index (κ1) is 23.4. The summed E-state index contributed by atoms with van der Waals surface area (Å²) >= 11 is 5.75. The van der Waals surface area contributed by atoms with Gasteiger partial charge in [0.25, 0.3) is 5.56 Å². The minimum absolute atomic E-state index is 0.191. The van der Waals surface area contributed by atoms with Gasteiger partial charge in [0, 0.05) is 19.1 Å². The van der Waals surface area contributed by atoms with Crippen LogP contribution in [-0.4, -0.2) is 27.3 Å². The molecule has 1 saturated carbocycles. The maximum Gasteiger partial charge on any atom is 0.330 e. The maximum atomic E-state index is 12.8. The number of nitrogens with one attached hydrogen (secondary N) is 2. The van der Waals surface area contributed by atoms with Crippen LogP contribution in [0, 0.1) is 11.8 Å². The van der Waals surface area contributed by atoms with E-state index >= 15 is 0 Å². The summed E-state index contributed by atoms with van der Waals surface area (Å²) in [6.07, 6.45) is 7.27. The van der Waals surface area contributed by atoms with Crippen LogP contribution >= 0.6 is 12.2 Å². The Hall–Kier alpha value is -1.83. The molecular weight excluding hydrogens is 386 g/mol. The van der Waals surface area contributed by atoms with Gasteiger partial charge >= 0.3 is 5.69 Å². The molecule has 8 heteroatoms. The van der Waals surface area contributed by atoms with Gasteiger partial charge in [0.1, 0.15) is 5.82 Å². The molecule has 29 heavy (non-hydrogen) atoms. The summed E-state index contributed by atoms with van der Waals surface area (Å²) in [5, 5.41) is 4.00. The maximum absolute atomic E-state index is 12.8. The van der Waals surface area contributed by atoms with Gasteiger partial charge in [-0.15, -0.1) is 0 Å². The van der Waals surface area contributed by atoms with Crippen molar-refractivity contribution in [2.24, 2.45) is 11.8 Å². The van der Waals surface area contributed by atoms with Gasteiger partial charge in [0.05, 0.1) is 0 Å². The number of nitrogen functional groups attached to an aromatic ring is 1. The minimum Gasteiger partial charge on any atom is -0.383 e. The second kappa shape index (κ2) is 10.8. The molecule has 164 valence electrons. The van der Waals surface area contributed by atoms with E-state index in [0.29, 0.717) is 36.1 Å². The van der Waals surface area contributed by atoms with Crippen LogP contribution in [0.1, 0.15) is 72.6 Å². The zero-order chi connectivity index (χ0) is 21.6. The molecular formula is C21H37N5O2S. The van der Waals surface area contributed by atoms with Crippen LogP contribution in [0.3, 0.4) is 0 Å². The fourth-order valence-corrected chi connectivity index (χ4v) is 4.18. The third-order valence-electron chi connectivity index (χ3n) is 5.81. The van der Waals surface area contributed by atoms with E-state index in [4.69, 9.17) is 18.0 Å². The zero-order valence-corrected chi connectivity index (χ0v) is 19.1. The van der Waals surface area contributed by atoms with Crippen LogP contribution in [-0.2, 0) is 6.54 Å². The molecule has 0 unspecified atom stereocenters. The van der Waals surface area contributed by atoms with Gasteiger partial charge in [-0.25, -0.2) is 4.79 Å². The number of hydrogen-bond donors (Lipinski definition) is 3. The van der Waals surface area contributed by atoms with Crippen molar-refractivity contribution in [2.45, 2.75) is 85.2 Å². The molecule has 0 bridgehead atoms. The average molecular weight is 424 g/mol. The Balaban J connectivity index is 2.39. The molecule has 2 atom stereocenters. The predicted octanol–water partition coefficient (Wildman–Crippen LogP) is 3.22. The number of unbranched alkanes of at least 4 members (excludes halogenated alkanes) is 1. The molecule has 0 aliphatic heterocycles. The third-order valence-corrected chi connectivity index (χ3v) is 6.15. The third kappa shape index (κ3) is 6.07. The van der Waals surface area contributed by atoms with Crippen molar-refractivity contribution in [1.29, 1.82) is 0 Å². The standard InChI is InChI=1S/C21H37N5O2S/c1-5-6-12-26-18(22)17(19(27)24-20(26)28)25(13-11-14(2)3)21(29)23-16-10-8-7-9-15(16)4/h14-16H,5-13,22H2,1-4H3,(H,23,29)(H,24,27,28)/t15-,16+/m1/s1. The smallest absolute Gasteiger partial charge is 0.330 e. The molecule has 1 heterocycles. The van der Waals surface area contributed by atoms with Gasteiger partial charge < -0.3 is 16.0 Å². The molecule has 0 amide bonds. The van der Waals surface area contributed by atoms with Gasteiger partial charge in [-0.2, -0.15) is 0 Å². The quantitative estimate of drug-likeness (QED) is 0.556. The van der Waals surface area contributed by atoms with Gasteiger partial charge in [0.15, 0.2) is 10.8 Å². The number of nitrogens with zero attached hydrogens (tertiary/aromatic N) is 2. The number of aromatic nitrogens is 2. The first-order valence-corrected chi connectivity index (χ1v) is 11.4. The summed E-state index contributed by atoms with van der Waals surface area (Å²) in [5.74, 6) is 1.17. The van der Waals surface area contributed by atoms with Crippen LogP contribution in [0.15, 0.2) is 9.59 Å². The monoisotopic (exact) mass is 423 g/mol. The van der Waals surface area contributed by atoms with Crippen molar-refractivity contribution in [3.05, 3.63) is 20.8 Å². The lowest BCUT2D eigenvalue weighted by Gasteiger charge is -2.34. The molecule has 1 aliphatic carbocycles. The van der Waals surface area contributed by atoms with E-state index in [1.807, 2.05) is 6.92 Å². The van der Waals surface area contributed by atoms with E-state index in [2.05, 4.69) is 31.1 Å². The normalized spacial score (nSPS) is 19.3. The van der Waals surface area contributed by atoms with Crippen molar-refractivity contribution >= 4 is 28.8 Å². The summed E-state index contributed by atoms with van der Waals surface area (Å²) in [7, 11) is 0. The molecule has 0 spiro atoms. The van der Waals surface area contributed by atoms with E-state index in [1.54, 1.807) is 4.90 Å². The Morgan fingerprint density at radius 1 is 1.34 bits per heavy atom. The molecule has 1 aromatic rings. The predicted molar refractivity (Wildman–Crippen MR) is 125 cm³/mol. The highest BCUT2D eigenvalue weighted by molar-refractivity contribution is 7.80. The van der Waals surface area contributed by atoms with E-state index < -0.39 is 11.2 Å². The lowest BCUT2D eigenvalue weighted by atomic mass is 9.86. The summed E-state index contributed by atoms with van der Waals surface area (Å²) < 4.78 is 1.45. The second-order valence-corrected chi connectivity index (χ2v) is 9.04. The molecule has 0 aromatic carbocycles. The average Bonchev–Trinajstić information content (AvgIpc) is 2.65. The highest BCUT2D eigenvalue weighted by Gasteiger charge is 2.26. The topological polar surface area (TPSA) is 96.2 Å². The van der Waals surface area contributed by atoms with Crippen LogP contribution < -0.4 is 27.2 Å². The summed E-state index contributed by atoms with van der Waals surface area (Å²) in [4.78, 5) is 29.3. The van der Waals surface area contributed by atoms with Gasteiger partial charge in [-0.1, -0.05) is 47.0 Å². The van der Waals surface area contributed by atoms with Crippen LogP contribution in [0.4, 0.5) is 11.5 Å². The fraction of sp³-hybridized carbons (Fsp3) is 0.762. The van der Waals surface area contributed by atoms with Gasteiger partial charge in [-0.05, 0) is 49.7 Å². The molecule has 1 aliphatic rings. The van der Waals surface area contributed by atoms with E-state index in [-0.39, 0.29) is 11.5 Å². The highest BCUT2D eigenvalue weighted by Crippen LogP contribution is 2.25. The minimum atomic E-state index is -0.482. The number of hydrogen-bond acceptors (Lipinski definition) is 4. The van der Waals surface area contributed by atoms with Crippen molar-refractivity contribution in [3.8, 4) is 0 Å². The molecule has 1 fully saturated rings. The van der Waals surface area contributed by atoms with Crippen molar-refractivity contribution < 1.29 is 0 Å². The van der Waals surface area contributed by atoms with E-state index in [1.165, 1.54) is 23.8 Å². The lowest BCUT2D eigenvalue weighted by Crippen LogP contribution is -2.50. The SMILES string of the molecule is CCCCn1c(N)c(N(CCC(C)C)C(=S)N[C@H]2CCCC[C@H]2C)c(=O)[nH]c1=O. The Morgan fingerprint density at radius 2 is 2.03 bits per heavy atom.